The average Bonchev–Trinajstić information content (AvgIpc) is 2.86. The Kier molecular flexibility index (Phi) is 3.74. The van der Waals surface area contributed by atoms with Crippen molar-refractivity contribution in [3.05, 3.63) is 45.9 Å². The van der Waals surface area contributed by atoms with Gasteiger partial charge in [-0.2, -0.15) is 0 Å². The molecule has 0 bridgehead atoms. The van der Waals surface area contributed by atoms with Gasteiger partial charge in [-0.25, -0.2) is 4.98 Å². The normalized spacial score (nSPS) is 10.4. The Bertz CT molecular complexity index is 548. The third kappa shape index (κ3) is 2.57. The zero-order chi connectivity index (χ0) is 13.1. The molecule has 1 aromatic carbocycles. The van der Waals surface area contributed by atoms with E-state index in [9.17, 15) is 4.79 Å². The monoisotopic (exact) mass is 261 g/mol. The van der Waals surface area contributed by atoms with Crippen LogP contribution in [0.15, 0.2) is 29.6 Å². The Morgan fingerprint density at radius 1 is 1.39 bits per heavy atom. The largest absolute Gasteiger partial charge is 0.325 e. The number of amides is 1. The molecule has 0 saturated heterocycles. The molecule has 0 unspecified atom stereocenters. The van der Waals surface area contributed by atoms with E-state index in [1.54, 1.807) is 17.3 Å². The number of benzene rings is 1. The SMILES string of the molecule is Cc1ccc(N(C)C(=O)c2csc(CN)n2)cc1. The highest BCUT2D eigenvalue weighted by molar-refractivity contribution is 7.09. The van der Waals surface area contributed by atoms with Gasteiger partial charge in [0.25, 0.3) is 5.91 Å². The summed E-state index contributed by atoms with van der Waals surface area (Å²) in [6.07, 6.45) is 0. The number of hydrogen-bond acceptors (Lipinski definition) is 4. The van der Waals surface area contributed by atoms with Crippen LogP contribution in [-0.2, 0) is 6.54 Å². The molecule has 2 aromatic rings. The summed E-state index contributed by atoms with van der Waals surface area (Å²) in [6, 6.07) is 7.80. The van der Waals surface area contributed by atoms with Crippen LogP contribution in [0.2, 0.25) is 0 Å². The van der Waals surface area contributed by atoms with E-state index in [1.165, 1.54) is 16.9 Å². The van der Waals surface area contributed by atoms with Gasteiger partial charge < -0.3 is 10.6 Å². The lowest BCUT2D eigenvalue weighted by molar-refractivity contribution is 0.0989. The molecule has 0 aliphatic carbocycles. The van der Waals surface area contributed by atoms with Gasteiger partial charge in [0.2, 0.25) is 0 Å². The van der Waals surface area contributed by atoms with Gasteiger partial charge in [-0.1, -0.05) is 17.7 Å². The van der Waals surface area contributed by atoms with Crippen LogP contribution in [0.25, 0.3) is 0 Å². The minimum atomic E-state index is -0.116. The fourth-order valence-electron chi connectivity index (χ4n) is 1.56. The second kappa shape index (κ2) is 5.29. The maximum absolute atomic E-state index is 12.2. The molecule has 5 heteroatoms. The number of thiazole rings is 1. The highest BCUT2D eigenvalue weighted by atomic mass is 32.1. The first-order chi connectivity index (χ1) is 8.61. The van der Waals surface area contributed by atoms with Crippen LogP contribution in [0.4, 0.5) is 5.69 Å². The van der Waals surface area contributed by atoms with Gasteiger partial charge in [0.1, 0.15) is 10.7 Å². The smallest absolute Gasteiger partial charge is 0.277 e. The molecular weight excluding hydrogens is 246 g/mol. The highest BCUT2D eigenvalue weighted by Crippen LogP contribution is 2.17. The summed E-state index contributed by atoms with van der Waals surface area (Å²) in [5.41, 5.74) is 7.96. The third-order valence-corrected chi connectivity index (χ3v) is 3.54. The molecule has 0 atom stereocenters. The molecule has 94 valence electrons. The van der Waals surface area contributed by atoms with Gasteiger partial charge in [-0.15, -0.1) is 11.3 Å². The number of aromatic nitrogens is 1. The predicted octanol–water partition coefficient (Wildman–Crippen LogP) is 2.19. The van der Waals surface area contributed by atoms with Crippen molar-refractivity contribution in [2.45, 2.75) is 13.5 Å². The average molecular weight is 261 g/mol. The highest BCUT2D eigenvalue weighted by Gasteiger charge is 2.16. The first-order valence-electron chi connectivity index (χ1n) is 5.61. The molecule has 0 spiro atoms. The van der Waals surface area contributed by atoms with Gasteiger partial charge in [0.05, 0.1) is 0 Å². The molecular formula is C13H15N3OS. The summed E-state index contributed by atoms with van der Waals surface area (Å²) in [4.78, 5) is 18.0. The zero-order valence-corrected chi connectivity index (χ0v) is 11.2. The van der Waals surface area contributed by atoms with Crippen LogP contribution in [0.5, 0.6) is 0 Å². The second-order valence-electron chi connectivity index (χ2n) is 4.03. The summed E-state index contributed by atoms with van der Waals surface area (Å²) in [7, 11) is 1.74. The van der Waals surface area contributed by atoms with Gasteiger partial charge in [-0.05, 0) is 19.1 Å². The van der Waals surface area contributed by atoms with E-state index in [1.807, 2.05) is 31.2 Å². The number of hydrogen-bond donors (Lipinski definition) is 1. The molecule has 4 nitrogen and oxygen atoms in total. The Hall–Kier alpha value is -1.72. The lowest BCUT2D eigenvalue weighted by Crippen LogP contribution is -2.26. The van der Waals surface area contributed by atoms with Crippen molar-refractivity contribution in [1.82, 2.24) is 4.98 Å². The van der Waals surface area contributed by atoms with Gasteiger partial charge in [0, 0.05) is 24.7 Å². The molecule has 2 N–H and O–H groups in total. The maximum atomic E-state index is 12.2. The number of carbonyl (C=O) groups is 1. The number of carbonyl (C=O) groups excluding carboxylic acids is 1. The van der Waals surface area contributed by atoms with Crippen molar-refractivity contribution in [3.8, 4) is 0 Å². The second-order valence-corrected chi connectivity index (χ2v) is 4.97. The van der Waals surface area contributed by atoms with E-state index in [4.69, 9.17) is 5.73 Å². The van der Waals surface area contributed by atoms with Crippen molar-refractivity contribution >= 4 is 22.9 Å². The summed E-state index contributed by atoms with van der Waals surface area (Å²) < 4.78 is 0. The van der Waals surface area contributed by atoms with Crippen LogP contribution in [0.3, 0.4) is 0 Å². The number of anilines is 1. The fourth-order valence-corrected chi connectivity index (χ4v) is 2.21. The van der Waals surface area contributed by atoms with Gasteiger partial charge in [-0.3, -0.25) is 4.79 Å². The van der Waals surface area contributed by atoms with E-state index in [0.29, 0.717) is 12.2 Å². The van der Waals surface area contributed by atoms with Crippen LogP contribution in [0, 0.1) is 6.92 Å². The predicted molar refractivity (Wildman–Crippen MR) is 73.9 cm³/mol. The van der Waals surface area contributed by atoms with E-state index in [0.717, 1.165) is 10.7 Å². The first-order valence-corrected chi connectivity index (χ1v) is 6.49. The first kappa shape index (κ1) is 12.7. The summed E-state index contributed by atoms with van der Waals surface area (Å²) in [6.45, 7) is 2.38. The molecule has 1 amide bonds. The molecule has 0 radical (unpaired) electrons. The molecule has 18 heavy (non-hydrogen) atoms. The molecule has 1 heterocycles. The number of nitrogens with zero attached hydrogens (tertiary/aromatic N) is 2. The Balaban J connectivity index is 2.20. The lowest BCUT2D eigenvalue weighted by Gasteiger charge is -2.16. The number of rotatable bonds is 3. The maximum Gasteiger partial charge on any atom is 0.277 e. The van der Waals surface area contributed by atoms with E-state index < -0.39 is 0 Å². The van der Waals surface area contributed by atoms with Crippen molar-refractivity contribution in [1.29, 1.82) is 0 Å². The minimum Gasteiger partial charge on any atom is -0.325 e. The minimum absolute atomic E-state index is 0.116. The van der Waals surface area contributed by atoms with Crippen molar-refractivity contribution in [3.63, 3.8) is 0 Å². The molecule has 0 aliphatic heterocycles. The molecule has 0 fully saturated rings. The standard InChI is InChI=1S/C13H15N3OS/c1-9-3-5-10(6-4-9)16(2)13(17)11-8-18-12(7-14)15-11/h3-6,8H,7,14H2,1-2H3. The summed E-state index contributed by atoms with van der Waals surface area (Å²) >= 11 is 1.41. The Labute approximate surface area is 110 Å². The number of nitrogens with two attached hydrogens (primary N) is 1. The molecule has 0 saturated carbocycles. The van der Waals surface area contributed by atoms with Gasteiger partial charge >= 0.3 is 0 Å². The van der Waals surface area contributed by atoms with Crippen molar-refractivity contribution in [2.75, 3.05) is 11.9 Å². The number of aryl methyl sites for hydroxylation is 1. The van der Waals surface area contributed by atoms with Crippen LogP contribution in [0.1, 0.15) is 21.1 Å². The summed E-state index contributed by atoms with van der Waals surface area (Å²) in [5.74, 6) is -0.116. The third-order valence-electron chi connectivity index (χ3n) is 2.67. The summed E-state index contributed by atoms with van der Waals surface area (Å²) in [5, 5.41) is 2.52. The molecule has 2 rings (SSSR count). The topological polar surface area (TPSA) is 59.2 Å². The van der Waals surface area contributed by atoms with Crippen LogP contribution >= 0.6 is 11.3 Å². The van der Waals surface area contributed by atoms with Crippen molar-refractivity contribution in [2.24, 2.45) is 5.73 Å². The van der Waals surface area contributed by atoms with Gasteiger partial charge in [0.15, 0.2) is 0 Å². The zero-order valence-electron chi connectivity index (χ0n) is 10.4. The van der Waals surface area contributed by atoms with E-state index >= 15 is 0 Å². The van der Waals surface area contributed by atoms with Crippen LogP contribution in [-0.4, -0.2) is 17.9 Å². The molecule has 0 aliphatic rings. The van der Waals surface area contributed by atoms with E-state index in [2.05, 4.69) is 4.98 Å². The van der Waals surface area contributed by atoms with Crippen molar-refractivity contribution < 1.29 is 4.79 Å². The Morgan fingerprint density at radius 3 is 2.61 bits per heavy atom. The van der Waals surface area contributed by atoms with E-state index in [-0.39, 0.29) is 5.91 Å². The fraction of sp³-hybridized carbons (Fsp3) is 0.231. The van der Waals surface area contributed by atoms with Crippen LogP contribution < -0.4 is 10.6 Å². The lowest BCUT2D eigenvalue weighted by atomic mass is 10.2. The Morgan fingerprint density at radius 2 is 2.06 bits per heavy atom. The quantitative estimate of drug-likeness (QED) is 0.921. The molecule has 1 aromatic heterocycles.